The van der Waals surface area contributed by atoms with E-state index in [0.29, 0.717) is 11.8 Å². The zero-order chi connectivity index (χ0) is 14.1. The molecule has 1 aromatic carbocycles. The summed E-state index contributed by atoms with van der Waals surface area (Å²) in [6.07, 6.45) is 0.705. The molecule has 20 heavy (non-hydrogen) atoms. The number of hydrogen-bond acceptors (Lipinski definition) is 5. The zero-order valence-electron chi connectivity index (χ0n) is 10.8. The molecule has 6 heteroatoms. The molecule has 0 saturated carbocycles. The van der Waals surface area contributed by atoms with Gasteiger partial charge in [-0.2, -0.15) is 4.98 Å². The first-order valence-electron chi connectivity index (χ1n) is 6.07. The van der Waals surface area contributed by atoms with Crippen molar-refractivity contribution in [3.63, 3.8) is 0 Å². The van der Waals surface area contributed by atoms with Gasteiger partial charge in [-0.05, 0) is 17.7 Å². The first-order chi connectivity index (χ1) is 9.67. The quantitative estimate of drug-likeness (QED) is 0.773. The van der Waals surface area contributed by atoms with Gasteiger partial charge in [0.15, 0.2) is 0 Å². The summed E-state index contributed by atoms with van der Waals surface area (Å²) in [4.78, 5) is 20.2. The van der Waals surface area contributed by atoms with Crippen molar-refractivity contribution in [3.05, 3.63) is 51.1 Å². The van der Waals surface area contributed by atoms with Crippen molar-refractivity contribution in [2.24, 2.45) is 0 Å². The predicted molar refractivity (Wildman–Crippen MR) is 80.5 cm³/mol. The Morgan fingerprint density at radius 3 is 3.00 bits per heavy atom. The normalized spacial score (nSPS) is 10.8. The van der Waals surface area contributed by atoms with Crippen molar-refractivity contribution in [2.75, 3.05) is 12.8 Å². The lowest BCUT2D eigenvalue weighted by Gasteiger charge is -2.06. The Kier molecular flexibility index (Phi) is 3.15. The number of aromatic nitrogens is 2. The largest absolute Gasteiger partial charge is 0.496 e. The summed E-state index contributed by atoms with van der Waals surface area (Å²) in [6.45, 7) is 0. The molecule has 0 aliphatic rings. The van der Waals surface area contributed by atoms with E-state index in [9.17, 15) is 4.79 Å². The number of nitrogens with one attached hydrogen (secondary N) is 1. The Hall–Kier alpha value is -2.34. The first kappa shape index (κ1) is 12.7. The zero-order valence-corrected chi connectivity index (χ0v) is 11.7. The minimum atomic E-state index is -0.293. The Labute approximate surface area is 119 Å². The van der Waals surface area contributed by atoms with Crippen LogP contribution in [0.2, 0.25) is 0 Å². The summed E-state index contributed by atoms with van der Waals surface area (Å²) < 4.78 is 5.34. The number of hydrogen-bond donors (Lipinski definition) is 2. The Balaban J connectivity index is 2.03. The summed E-state index contributed by atoms with van der Waals surface area (Å²) in [5, 5.41) is 0.578. The number of methoxy groups -OCH3 is 1. The maximum Gasteiger partial charge on any atom is 0.283 e. The second-order valence-corrected chi connectivity index (χ2v) is 5.51. The highest BCUT2D eigenvalue weighted by atomic mass is 32.1. The van der Waals surface area contributed by atoms with Gasteiger partial charge in [-0.25, -0.2) is 0 Å². The molecule has 0 fully saturated rings. The average Bonchev–Trinajstić information content (AvgIpc) is 2.82. The molecule has 3 N–H and O–H groups in total. The average molecular weight is 287 g/mol. The van der Waals surface area contributed by atoms with Crippen molar-refractivity contribution >= 4 is 27.5 Å². The van der Waals surface area contributed by atoms with Crippen LogP contribution in [0.25, 0.3) is 10.2 Å². The van der Waals surface area contributed by atoms with E-state index in [1.165, 1.54) is 11.3 Å². The maximum atomic E-state index is 11.8. The summed E-state index contributed by atoms with van der Waals surface area (Å²) in [7, 11) is 1.65. The molecule has 3 rings (SSSR count). The van der Waals surface area contributed by atoms with Crippen LogP contribution in [-0.2, 0) is 6.42 Å². The fourth-order valence-electron chi connectivity index (χ4n) is 2.13. The number of anilines is 1. The fourth-order valence-corrected chi connectivity index (χ4v) is 3.21. The van der Waals surface area contributed by atoms with Crippen LogP contribution in [0.1, 0.15) is 10.4 Å². The number of ether oxygens (including phenoxy) is 1. The molecule has 5 nitrogen and oxygen atoms in total. The number of nitrogen functional groups attached to an aromatic ring is 1. The van der Waals surface area contributed by atoms with E-state index in [0.717, 1.165) is 21.0 Å². The molecular weight excluding hydrogens is 274 g/mol. The highest BCUT2D eigenvalue weighted by Gasteiger charge is 2.10. The van der Waals surface area contributed by atoms with Crippen molar-refractivity contribution in [1.29, 1.82) is 0 Å². The number of fused-ring (bicyclic) bond motifs is 1. The third-order valence-corrected chi connectivity index (χ3v) is 4.08. The van der Waals surface area contributed by atoms with Gasteiger partial charge in [0, 0.05) is 11.3 Å². The molecule has 0 unspecified atom stereocenters. The second-order valence-electron chi connectivity index (χ2n) is 4.37. The lowest BCUT2D eigenvalue weighted by Crippen LogP contribution is -2.09. The highest BCUT2D eigenvalue weighted by molar-refractivity contribution is 7.18. The van der Waals surface area contributed by atoms with Gasteiger partial charge in [-0.15, -0.1) is 11.3 Å². The molecule has 3 aromatic rings. The number of H-pyrrole nitrogens is 1. The molecule has 0 spiro atoms. The Bertz CT molecular complexity index is 823. The van der Waals surface area contributed by atoms with Crippen LogP contribution in [0.3, 0.4) is 0 Å². The SMILES string of the molecule is COc1ccccc1Cc1cc2c(=O)nc(N)[nH]c2s1. The lowest BCUT2D eigenvalue weighted by molar-refractivity contribution is 0.410. The van der Waals surface area contributed by atoms with Gasteiger partial charge >= 0.3 is 0 Å². The van der Waals surface area contributed by atoms with Gasteiger partial charge < -0.3 is 15.5 Å². The molecule has 2 aromatic heterocycles. The molecule has 0 radical (unpaired) electrons. The van der Waals surface area contributed by atoms with Crippen LogP contribution in [0, 0.1) is 0 Å². The van der Waals surface area contributed by atoms with E-state index >= 15 is 0 Å². The number of rotatable bonds is 3. The minimum absolute atomic E-state index is 0.146. The molecule has 0 aliphatic heterocycles. The van der Waals surface area contributed by atoms with Gasteiger partial charge in [0.05, 0.1) is 12.5 Å². The number of nitrogens with zero attached hydrogens (tertiary/aromatic N) is 1. The van der Waals surface area contributed by atoms with E-state index in [2.05, 4.69) is 9.97 Å². The van der Waals surface area contributed by atoms with Crippen LogP contribution in [0.4, 0.5) is 5.95 Å². The summed E-state index contributed by atoms with van der Waals surface area (Å²) >= 11 is 1.51. The van der Waals surface area contributed by atoms with Crippen LogP contribution in [-0.4, -0.2) is 17.1 Å². The second kappa shape index (κ2) is 4.97. The number of nitrogens with two attached hydrogens (primary N) is 1. The smallest absolute Gasteiger partial charge is 0.283 e. The number of para-hydroxylation sites is 1. The van der Waals surface area contributed by atoms with E-state index in [4.69, 9.17) is 10.5 Å². The standard InChI is InChI=1S/C14H13N3O2S/c1-19-11-5-3-2-4-8(11)6-9-7-10-12(18)16-14(15)17-13(10)20-9/h2-5,7H,6H2,1H3,(H3,15,16,17,18). The first-order valence-corrected chi connectivity index (χ1v) is 6.89. The van der Waals surface area contributed by atoms with E-state index in [1.807, 2.05) is 30.3 Å². The fraction of sp³-hybridized carbons (Fsp3) is 0.143. The lowest BCUT2D eigenvalue weighted by atomic mass is 10.1. The Morgan fingerprint density at radius 1 is 1.40 bits per heavy atom. The van der Waals surface area contributed by atoms with Crippen LogP contribution in [0.5, 0.6) is 5.75 Å². The molecule has 0 amide bonds. The van der Waals surface area contributed by atoms with E-state index in [-0.39, 0.29) is 11.5 Å². The van der Waals surface area contributed by atoms with Gasteiger partial charge in [0.25, 0.3) is 5.56 Å². The van der Waals surface area contributed by atoms with Crippen LogP contribution in [0.15, 0.2) is 35.1 Å². The molecule has 2 heterocycles. The van der Waals surface area contributed by atoms with Gasteiger partial charge in [-0.3, -0.25) is 4.79 Å². The van der Waals surface area contributed by atoms with Gasteiger partial charge in [-0.1, -0.05) is 18.2 Å². The van der Waals surface area contributed by atoms with Crippen LogP contribution < -0.4 is 16.0 Å². The number of benzene rings is 1. The highest BCUT2D eigenvalue weighted by Crippen LogP contribution is 2.27. The Morgan fingerprint density at radius 2 is 2.20 bits per heavy atom. The van der Waals surface area contributed by atoms with Crippen molar-refractivity contribution in [1.82, 2.24) is 9.97 Å². The summed E-state index contributed by atoms with van der Waals surface area (Å²) in [5.41, 5.74) is 6.34. The maximum absolute atomic E-state index is 11.8. The van der Waals surface area contributed by atoms with Gasteiger partial charge in [0.1, 0.15) is 10.6 Å². The van der Waals surface area contributed by atoms with Gasteiger partial charge in [0.2, 0.25) is 5.95 Å². The molecule has 0 saturated heterocycles. The minimum Gasteiger partial charge on any atom is -0.496 e. The van der Waals surface area contributed by atoms with E-state index < -0.39 is 0 Å². The number of aromatic amines is 1. The molecular formula is C14H13N3O2S. The molecule has 0 atom stereocenters. The van der Waals surface area contributed by atoms with E-state index in [1.54, 1.807) is 7.11 Å². The summed E-state index contributed by atoms with van der Waals surface area (Å²) in [6, 6.07) is 9.69. The molecule has 0 bridgehead atoms. The predicted octanol–water partition coefficient (Wildman–Crippen LogP) is 2.17. The third kappa shape index (κ3) is 2.25. The third-order valence-electron chi connectivity index (χ3n) is 3.03. The van der Waals surface area contributed by atoms with Crippen molar-refractivity contribution in [3.8, 4) is 5.75 Å². The molecule has 0 aliphatic carbocycles. The van der Waals surface area contributed by atoms with Crippen molar-refractivity contribution < 1.29 is 4.74 Å². The number of thiophene rings is 1. The monoisotopic (exact) mass is 287 g/mol. The topological polar surface area (TPSA) is 81.0 Å². The molecule has 102 valence electrons. The van der Waals surface area contributed by atoms with Crippen LogP contribution >= 0.6 is 11.3 Å². The summed E-state index contributed by atoms with van der Waals surface area (Å²) in [5.74, 6) is 0.988. The van der Waals surface area contributed by atoms with Crippen molar-refractivity contribution in [2.45, 2.75) is 6.42 Å².